The number of aliphatic hydroxyl groups is 1. The van der Waals surface area contributed by atoms with E-state index in [9.17, 15) is 110 Å². The van der Waals surface area contributed by atoms with Crippen molar-refractivity contribution in [2.75, 3.05) is 36.0 Å². The van der Waals surface area contributed by atoms with Crippen LogP contribution in [0.15, 0.2) is 60.9 Å². The summed E-state index contributed by atoms with van der Waals surface area (Å²) in [6.07, 6.45) is -44.1. The lowest BCUT2D eigenvalue weighted by molar-refractivity contribution is -0.185. The minimum absolute atomic E-state index is 0.0321. The fourth-order valence-corrected chi connectivity index (χ4v) is 7.79. The molecule has 31 heteroatoms. The van der Waals surface area contributed by atoms with E-state index in [0.717, 1.165) is 0 Å². The summed E-state index contributed by atoms with van der Waals surface area (Å²) in [5.74, 6) is -3.46. The number of aromatic nitrogens is 2. The number of halogens is 24. The van der Waals surface area contributed by atoms with Crippen molar-refractivity contribution < 1.29 is 120 Å². The molecule has 2 unspecified atom stereocenters. The Morgan fingerprint density at radius 3 is 1.08 bits per heavy atom. The Kier molecular flexibility index (Phi) is 14.4. The second-order valence-corrected chi connectivity index (χ2v) is 15.8. The van der Waals surface area contributed by atoms with Crippen molar-refractivity contribution in [3.8, 4) is 0 Å². The second-order valence-electron chi connectivity index (χ2n) is 15.8. The molecule has 0 saturated carbocycles. The van der Waals surface area contributed by atoms with Gasteiger partial charge in [0.15, 0.2) is 0 Å². The van der Waals surface area contributed by atoms with Gasteiger partial charge in [0.05, 0.1) is 45.6 Å². The van der Waals surface area contributed by atoms with Gasteiger partial charge in [0.1, 0.15) is 22.5 Å². The van der Waals surface area contributed by atoms with Crippen molar-refractivity contribution in [1.82, 2.24) is 9.97 Å². The maximum Gasteiger partial charge on any atom is 0.417 e. The number of nitrogens with zero attached hydrogens (tertiary/aromatic N) is 4. The highest BCUT2D eigenvalue weighted by Crippen LogP contribution is 2.53. The Morgan fingerprint density at radius 2 is 0.803 bits per heavy atom. The van der Waals surface area contributed by atoms with Crippen LogP contribution in [0.2, 0.25) is 0 Å². The molecule has 0 bridgehead atoms. The SMILES string of the molecule is O=C(O)c1cnc(N2CCC(c3cc(C(F)(F)F)cc(C(F)(F)F)c3)(C(F)(F)F)C2)cc1C(F)(F)F.OCc1cnc(N2CCC(c3cc(C(F)(F)F)cc(C(F)(F)F)c3)(C(F)(F)F)C2)cc1C(F)(F)F. The third kappa shape index (κ3) is 11.6. The number of carboxylic acids is 1. The van der Waals surface area contributed by atoms with Crippen molar-refractivity contribution in [1.29, 1.82) is 0 Å². The Morgan fingerprint density at radius 1 is 0.479 bits per heavy atom. The van der Waals surface area contributed by atoms with Gasteiger partial charge in [-0.2, -0.15) is 105 Å². The molecule has 2 aromatic carbocycles. The summed E-state index contributed by atoms with van der Waals surface area (Å²) in [6, 6.07) is -0.352. The van der Waals surface area contributed by atoms with E-state index in [1.165, 1.54) is 0 Å². The van der Waals surface area contributed by atoms with Gasteiger partial charge < -0.3 is 20.0 Å². The van der Waals surface area contributed by atoms with E-state index >= 15 is 0 Å². The first-order valence-electron chi connectivity index (χ1n) is 19.2. The molecule has 0 spiro atoms. The highest BCUT2D eigenvalue weighted by atomic mass is 19.4. The van der Waals surface area contributed by atoms with E-state index < -0.39 is 179 Å². The van der Waals surface area contributed by atoms with E-state index in [1.807, 2.05) is 0 Å². The minimum atomic E-state index is -5.43. The molecule has 4 aromatic rings. The average molecular weight is 1070 g/mol. The molecule has 0 radical (unpaired) electrons. The topological polar surface area (TPSA) is 89.8 Å². The number of rotatable bonds is 6. The molecule has 2 fully saturated rings. The highest BCUT2D eigenvalue weighted by molar-refractivity contribution is 5.89. The number of anilines is 2. The predicted molar refractivity (Wildman–Crippen MR) is 193 cm³/mol. The van der Waals surface area contributed by atoms with Crippen molar-refractivity contribution in [2.24, 2.45) is 0 Å². The lowest BCUT2D eigenvalue weighted by atomic mass is 9.77. The molecule has 0 aliphatic carbocycles. The predicted octanol–water partition coefficient (Wildman–Crippen LogP) is 12.9. The molecule has 71 heavy (non-hydrogen) atoms. The first-order chi connectivity index (χ1) is 32.0. The molecule has 2 N–H and O–H groups in total. The van der Waals surface area contributed by atoms with Crippen LogP contribution >= 0.6 is 0 Å². The van der Waals surface area contributed by atoms with Gasteiger partial charge in [0.2, 0.25) is 0 Å². The van der Waals surface area contributed by atoms with Gasteiger partial charge in [0.25, 0.3) is 0 Å². The Bertz CT molecular complexity index is 2550. The highest BCUT2D eigenvalue weighted by Gasteiger charge is 2.62. The van der Waals surface area contributed by atoms with E-state index in [2.05, 4.69) is 9.97 Å². The van der Waals surface area contributed by atoms with E-state index in [1.54, 1.807) is 0 Å². The molecule has 2 aliphatic heterocycles. The largest absolute Gasteiger partial charge is 0.478 e. The van der Waals surface area contributed by atoms with Gasteiger partial charge >= 0.3 is 55.4 Å². The van der Waals surface area contributed by atoms with Crippen molar-refractivity contribution >= 4 is 17.6 Å². The molecule has 7 nitrogen and oxygen atoms in total. The summed E-state index contributed by atoms with van der Waals surface area (Å²) < 4.78 is 324. The average Bonchev–Trinajstić information content (AvgIpc) is 3.90. The first-order valence-corrected chi connectivity index (χ1v) is 19.2. The van der Waals surface area contributed by atoms with Crippen LogP contribution < -0.4 is 9.80 Å². The molecule has 2 atom stereocenters. The smallest absolute Gasteiger partial charge is 0.417 e. The summed E-state index contributed by atoms with van der Waals surface area (Å²) >= 11 is 0. The van der Waals surface area contributed by atoms with E-state index in [0.29, 0.717) is 22.1 Å². The Labute approximate surface area is 380 Å². The van der Waals surface area contributed by atoms with Gasteiger partial charge in [0, 0.05) is 44.1 Å². The standard InChI is InChI=1S/C20H12F12N2O2.C20H14F12N2O/c21-17(22,23)10-3-9(4-11(5-10)18(24,25)26)16(20(30,31)32)1-2-34(8-16)14-6-13(19(27,28)29)12(7-33-14)15(35)36;21-17(22,23)12-3-11(4-13(5-12)18(24,25)26)16(20(30,31)32)1-2-34(9-16)15-6-14(19(27,28)29)10(8-35)7-33-15/h3-7H,1-2,8H2,(H,35,36);3-7,35H,1-2,8-9H2. The third-order valence-electron chi connectivity index (χ3n) is 11.4. The molecule has 6 rings (SSSR count). The maximum atomic E-state index is 14.2. The number of alkyl halides is 24. The van der Waals surface area contributed by atoms with Crippen molar-refractivity contribution in [3.63, 3.8) is 0 Å². The first kappa shape index (κ1) is 56.0. The number of aromatic carboxylic acids is 1. The quantitative estimate of drug-likeness (QED) is 0.186. The molecule has 0 amide bonds. The molecular weight excluding hydrogens is 1040 g/mol. The van der Waals surface area contributed by atoms with Crippen LogP contribution in [-0.2, 0) is 54.5 Å². The normalized spacial score (nSPS) is 19.8. The lowest BCUT2D eigenvalue weighted by Gasteiger charge is -2.33. The number of carbonyl (C=O) groups is 1. The molecular formula is C40H26F24N4O3. The number of pyridine rings is 2. The van der Waals surface area contributed by atoms with Crippen LogP contribution in [0, 0.1) is 0 Å². The van der Waals surface area contributed by atoms with Crippen LogP contribution in [0.25, 0.3) is 0 Å². The Balaban J connectivity index is 0.000000264. The molecule has 2 aliphatic rings. The fourth-order valence-electron chi connectivity index (χ4n) is 7.79. The van der Waals surface area contributed by atoms with Gasteiger partial charge in [-0.25, -0.2) is 14.8 Å². The van der Waals surface area contributed by atoms with Crippen molar-refractivity contribution in [2.45, 2.75) is 79.7 Å². The van der Waals surface area contributed by atoms with E-state index in [-0.39, 0.29) is 48.7 Å². The monoisotopic (exact) mass is 1070 g/mol. The summed E-state index contributed by atoms with van der Waals surface area (Å²) in [4.78, 5) is 19.4. The van der Waals surface area contributed by atoms with Gasteiger partial charge in [-0.15, -0.1) is 0 Å². The second kappa shape index (κ2) is 18.3. The summed E-state index contributed by atoms with van der Waals surface area (Å²) in [5, 5.41) is 18.0. The number of hydrogen-bond donors (Lipinski definition) is 2. The molecule has 392 valence electrons. The van der Waals surface area contributed by atoms with Crippen molar-refractivity contribution in [3.05, 3.63) is 117 Å². The number of carboxylic acid groups (broad SMARTS) is 1. The minimum Gasteiger partial charge on any atom is -0.478 e. The zero-order valence-corrected chi connectivity index (χ0v) is 34.4. The van der Waals surface area contributed by atoms with E-state index in [4.69, 9.17) is 10.2 Å². The third-order valence-corrected chi connectivity index (χ3v) is 11.4. The van der Waals surface area contributed by atoms with Crippen LogP contribution in [0.1, 0.15) is 73.3 Å². The molecule has 4 heterocycles. The molecule has 2 aromatic heterocycles. The zero-order chi connectivity index (χ0) is 54.1. The zero-order valence-electron chi connectivity index (χ0n) is 34.4. The van der Waals surface area contributed by atoms with Gasteiger partial charge in [-0.05, 0) is 72.5 Å². The van der Waals surface area contributed by atoms with Gasteiger partial charge in [-0.1, -0.05) is 0 Å². The van der Waals surface area contributed by atoms with Crippen LogP contribution in [-0.4, -0.2) is 64.7 Å². The lowest BCUT2D eigenvalue weighted by Crippen LogP contribution is -2.45. The van der Waals surface area contributed by atoms with Gasteiger partial charge in [-0.3, -0.25) is 0 Å². The fraction of sp³-hybridized carbons (Fsp3) is 0.425. The van der Waals surface area contributed by atoms with Crippen LogP contribution in [0.3, 0.4) is 0 Å². The number of aliphatic hydroxyl groups excluding tert-OH is 1. The summed E-state index contributed by atoms with van der Waals surface area (Å²) in [7, 11) is 0. The van der Waals surface area contributed by atoms with Crippen LogP contribution in [0.5, 0.6) is 0 Å². The molecule has 2 saturated heterocycles. The summed E-state index contributed by atoms with van der Waals surface area (Å²) in [5.41, 5.74) is -22.3. The summed E-state index contributed by atoms with van der Waals surface area (Å²) in [6.45, 7) is -5.16. The Hall–Kier alpha value is -5.91. The van der Waals surface area contributed by atoms with Crippen LogP contribution in [0.4, 0.5) is 117 Å². The number of benzene rings is 2. The maximum absolute atomic E-state index is 14.2. The number of hydrogen-bond acceptors (Lipinski definition) is 6.